The molecule has 2 rings (SSSR count). The van der Waals surface area contributed by atoms with Crippen molar-refractivity contribution in [1.29, 1.82) is 0 Å². The molecule has 0 aromatic heterocycles. The first-order valence-corrected chi connectivity index (χ1v) is 8.27. The fraction of sp³-hybridized carbons (Fsp3) is 0.500. The molecule has 1 fully saturated rings. The first kappa shape index (κ1) is 19.6. The Balaban J connectivity index is 1.91. The maximum absolute atomic E-state index is 12.1. The Bertz CT molecular complexity index is 662. The van der Waals surface area contributed by atoms with Gasteiger partial charge in [0.25, 0.3) is 0 Å². The summed E-state index contributed by atoms with van der Waals surface area (Å²) in [6.07, 6.45) is -1.58. The standard InChI is InChI=1S/C18H24N2O6/c1-17(2,3)26-16(24)20-11-18(12-20,9-14(21)22)19-15(23)25-10-13-7-5-4-6-8-13/h4-8H,9-12H2,1-3H3,(H,19,23)(H,21,22). The summed E-state index contributed by atoms with van der Waals surface area (Å²) < 4.78 is 10.4. The van der Waals surface area contributed by atoms with Gasteiger partial charge in [0.05, 0.1) is 12.0 Å². The molecule has 0 spiro atoms. The molecule has 1 aliphatic rings. The zero-order valence-corrected chi connectivity index (χ0v) is 15.2. The largest absolute Gasteiger partial charge is 0.481 e. The summed E-state index contributed by atoms with van der Waals surface area (Å²) in [5.74, 6) is -1.07. The molecule has 1 heterocycles. The molecule has 142 valence electrons. The molecule has 26 heavy (non-hydrogen) atoms. The van der Waals surface area contributed by atoms with E-state index in [9.17, 15) is 14.4 Å². The molecule has 1 aromatic rings. The summed E-state index contributed by atoms with van der Waals surface area (Å²) in [6, 6.07) is 9.13. The Labute approximate surface area is 152 Å². The van der Waals surface area contributed by atoms with Crippen molar-refractivity contribution in [1.82, 2.24) is 10.2 Å². The van der Waals surface area contributed by atoms with E-state index < -0.39 is 29.3 Å². The number of aliphatic carboxylic acids is 1. The number of carboxylic acid groups (broad SMARTS) is 1. The maximum atomic E-state index is 12.1. The third-order valence-electron chi connectivity index (χ3n) is 3.71. The van der Waals surface area contributed by atoms with E-state index in [2.05, 4.69) is 5.32 Å². The van der Waals surface area contributed by atoms with Gasteiger partial charge in [-0.2, -0.15) is 0 Å². The topological polar surface area (TPSA) is 105 Å². The normalized spacial score (nSPS) is 15.6. The Hall–Kier alpha value is -2.77. The predicted octanol–water partition coefficient (Wildman–Crippen LogP) is 2.38. The van der Waals surface area contributed by atoms with E-state index in [0.29, 0.717) is 0 Å². The Morgan fingerprint density at radius 3 is 2.35 bits per heavy atom. The predicted molar refractivity (Wildman–Crippen MR) is 92.6 cm³/mol. The summed E-state index contributed by atoms with van der Waals surface area (Å²) in [4.78, 5) is 36.6. The third kappa shape index (κ3) is 5.65. The molecule has 1 aromatic carbocycles. The summed E-state index contributed by atoms with van der Waals surface area (Å²) in [7, 11) is 0. The van der Waals surface area contributed by atoms with E-state index in [1.165, 1.54) is 4.90 Å². The summed E-state index contributed by atoms with van der Waals surface area (Å²) in [5.41, 5.74) is -0.889. The Morgan fingerprint density at radius 2 is 1.81 bits per heavy atom. The lowest BCUT2D eigenvalue weighted by molar-refractivity contribution is -0.140. The van der Waals surface area contributed by atoms with Gasteiger partial charge in [-0.3, -0.25) is 4.79 Å². The van der Waals surface area contributed by atoms with Crippen LogP contribution in [0.5, 0.6) is 0 Å². The fourth-order valence-corrected chi connectivity index (χ4v) is 2.64. The Morgan fingerprint density at radius 1 is 1.19 bits per heavy atom. The highest BCUT2D eigenvalue weighted by atomic mass is 16.6. The molecule has 0 bridgehead atoms. The molecule has 1 saturated heterocycles. The van der Waals surface area contributed by atoms with Crippen LogP contribution in [0.1, 0.15) is 32.8 Å². The van der Waals surface area contributed by atoms with Gasteiger partial charge in [-0.05, 0) is 26.3 Å². The minimum atomic E-state index is -1.07. The number of nitrogens with one attached hydrogen (secondary N) is 1. The summed E-state index contributed by atoms with van der Waals surface area (Å²) >= 11 is 0. The fourth-order valence-electron chi connectivity index (χ4n) is 2.64. The monoisotopic (exact) mass is 364 g/mol. The second-order valence-corrected chi connectivity index (χ2v) is 7.37. The SMILES string of the molecule is CC(C)(C)OC(=O)N1CC(CC(=O)O)(NC(=O)OCc2ccccc2)C1. The van der Waals surface area contributed by atoms with Gasteiger partial charge in [0.2, 0.25) is 0 Å². The van der Waals surface area contributed by atoms with E-state index >= 15 is 0 Å². The van der Waals surface area contributed by atoms with Crippen LogP contribution in [0.15, 0.2) is 30.3 Å². The summed E-state index contributed by atoms with van der Waals surface area (Å²) in [6.45, 7) is 5.41. The maximum Gasteiger partial charge on any atom is 0.410 e. The van der Waals surface area contributed by atoms with Gasteiger partial charge in [-0.25, -0.2) is 9.59 Å². The van der Waals surface area contributed by atoms with Crippen LogP contribution in [0, 0.1) is 0 Å². The second kappa shape index (κ2) is 7.63. The first-order chi connectivity index (χ1) is 12.1. The van der Waals surface area contributed by atoms with Gasteiger partial charge in [-0.1, -0.05) is 30.3 Å². The lowest BCUT2D eigenvalue weighted by Crippen LogP contribution is -2.72. The van der Waals surface area contributed by atoms with Crippen molar-refractivity contribution < 1.29 is 29.0 Å². The number of alkyl carbamates (subject to hydrolysis) is 1. The molecule has 0 aliphatic carbocycles. The number of hydrogen-bond donors (Lipinski definition) is 2. The van der Waals surface area contributed by atoms with Gasteiger partial charge >= 0.3 is 18.2 Å². The molecule has 2 amide bonds. The van der Waals surface area contributed by atoms with Crippen LogP contribution in [-0.4, -0.2) is 52.4 Å². The second-order valence-electron chi connectivity index (χ2n) is 7.37. The molecule has 1 aliphatic heterocycles. The van der Waals surface area contributed by atoms with Crippen LogP contribution in [0.2, 0.25) is 0 Å². The van der Waals surface area contributed by atoms with E-state index in [1.807, 2.05) is 30.3 Å². The minimum absolute atomic E-state index is 0.0502. The van der Waals surface area contributed by atoms with Crippen LogP contribution in [0.4, 0.5) is 9.59 Å². The van der Waals surface area contributed by atoms with E-state index in [0.717, 1.165) is 5.56 Å². The average Bonchev–Trinajstić information content (AvgIpc) is 2.48. The van der Waals surface area contributed by atoms with Crippen molar-refractivity contribution in [2.24, 2.45) is 0 Å². The van der Waals surface area contributed by atoms with Crippen molar-refractivity contribution in [3.05, 3.63) is 35.9 Å². The molecule has 0 radical (unpaired) electrons. The first-order valence-electron chi connectivity index (χ1n) is 8.27. The van der Waals surface area contributed by atoms with Crippen LogP contribution < -0.4 is 5.32 Å². The van der Waals surface area contributed by atoms with Crippen LogP contribution in [-0.2, 0) is 20.9 Å². The highest BCUT2D eigenvalue weighted by Gasteiger charge is 2.49. The number of carboxylic acids is 1. The molecule has 0 unspecified atom stereocenters. The number of benzene rings is 1. The number of carbonyl (C=O) groups is 3. The van der Waals surface area contributed by atoms with E-state index in [1.54, 1.807) is 20.8 Å². The Kier molecular flexibility index (Phi) is 5.74. The van der Waals surface area contributed by atoms with Gasteiger partial charge in [-0.15, -0.1) is 0 Å². The molecule has 0 atom stereocenters. The average molecular weight is 364 g/mol. The van der Waals surface area contributed by atoms with Crippen molar-refractivity contribution in [2.75, 3.05) is 13.1 Å². The zero-order valence-electron chi connectivity index (χ0n) is 15.2. The number of hydrogen-bond acceptors (Lipinski definition) is 5. The van der Waals surface area contributed by atoms with Crippen LogP contribution in [0.3, 0.4) is 0 Å². The van der Waals surface area contributed by atoms with Crippen molar-refractivity contribution in [3.63, 3.8) is 0 Å². The third-order valence-corrected chi connectivity index (χ3v) is 3.71. The smallest absolute Gasteiger partial charge is 0.410 e. The van der Waals surface area contributed by atoms with Crippen molar-refractivity contribution >= 4 is 18.2 Å². The number of nitrogens with zero attached hydrogens (tertiary/aromatic N) is 1. The highest BCUT2D eigenvalue weighted by molar-refractivity contribution is 5.76. The molecular weight excluding hydrogens is 340 g/mol. The molecular formula is C18H24N2O6. The number of ether oxygens (including phenoxy) is 2. The van der Waals surface area contributed by atoms with Crippen LogP contribution in [0.25, 0.3) is 0 Å². The lowest BCUT2D eigenvalue weighted by Gasteiger charge is -2.49. The molecule has 8 nitrogen and oxygen atoms in total. The zero-order chi connectivity index (χ0) is 19.4. The number of carbonyl (C=O) groups excluding carboxylic acids is 2. The molecule has 2 N–H and O–H groups in total. The number of likely N-dealkylation sites (tertiary alicyclic amines) is 1. The van der Waals surface area contributed by atoms with Gasteiger partial charge in [0, 0.05) is 13.1 Å². The van der Waals surface area contributed by atoms with Crippen molar-refractivity contribution in [2.45, 2.75) is 44.9 Å². The quantitative estimate of drug-likeness (QED) is 0.831. The number of rotatable bonds is 5. The highest BCUT2D eigenvalue weighted by Crippen LogP contribution is 2.27. The van der Waals surface area contributed by atoms with Gasteiger partial charge in [0.1, 0.15) is 12.2 Å². The summed E-state index contributed by atoms with van der Waals surface area (Å²) in [5, 5.41) is 11.7. The minimum Gasteiger partial charge on any atom is -0.481 e. The van der Waals surface area contributed by atoms with E-state index in [4.69, 9.17) is 14.6 Å². The molecule has 8 heteroatoms. The van der Waals surface area contributed by atoms with Crippen molar-refractivity contribution in [3.8, 4) is 0 Å². The van der Waals surface area contributed by atoms with Gasteiger partial charge in [0.15, 0.2) is 0 Å². The van der Waals surface area contributed by atoms with E-state index in [-0.39, 0.29) is 26.1 Å². The number of amides is 2. The lowest BCUT2D eigenvalue weighted by atomic mass is 9.86. The van der Waals surface area contributed by atoms with Crippen LogP contribution >= 0.6 is 0 Å². The molecule has 0 saturated carbocycles. The van der Waals surface area contributed by atoms with Gasteiger partial charge < -0.3 is 24.8 Å².